The molecule has 0 saturated heterocycles. The van der Waals surface area contributed by atoms with E-state index in [4.69, 9.17) is 0 Å². The first-order valence-corrected chi connectivity index (χ1v) is 44.4. The molecule has 33 rings (SSSR count). The summed E-state index contributed by atoms with van der Waals surface area (Å²) in [4.78, 5) is 0. The largest absolute Gasteiger partial charge is 0.0594 e. The van der Waals surface area contributed by atoms with Gasteiger partial charge in [0.2, 0.25) is 0 Å². The van der Waals surface area contributed by atoms with Crippen LogP contribution >= 0.6 is 0 Å². The summed E-state index contributed by atoms with van der Waals surface area (Å²) >= 11 is 0. The van der Waals surface area contributed by atoms with Crippen molar-refractivity contribution in [1.29, 1.82) is 0 Å². The Bertz CT molecular complexity index is 1890. The molecule has 0 aromatic rings. The van der Waals surface area contributed by atoms with Crippen molar-refractivity contribution in [3.63, 3.8) is 0 Å². The van der Waals surface area contributed by atoms with E-state index in [1.54, 1.807) is 51.4 Å². The molecule has 0 heterocycles. The van der Waals surface area contributed by atoms with Gasteiger partial charge in [0.1, 0.15) is 0 Å². The van der Waals surface area contributed by atoms with E-state index >= 15 is 0 Å². The van der Waals surface area contributed by atoms with Gasteiger partial charge in [0.15, 0.2) is 0 Å². The highest BCUT2D eigenvalue weighted by molar-refractivity contribution is 5.29. The molecule has 33 aliphatic rings. The van der Waals surface area contributed by atoms with Gasteiger partial charge in [-0.25, -0.2) is 0 Å². The predicted octanol–water partition coefficient (Wildman–Crippen LogP) is 31.2. The molecule has 0 atom stereocenters. The first-order chi connectivity index (χ1) is 44.4. The fourth-order valence-corrected chi connectivity index (χ4v) is 14.9. The summed E-state index contributed by atoms with van der Waals surface area (Å²) < 4.78 is 0. The SMILES string of the molecule is C1CC1.C1CC1.C1CC1.C1CC1.C1CC1.C1CC1.C1CC1.C1CC1.C1CC1.C1CC1.C1CC1.CC12CC1(C)C2.CC12CC1(C)C2.CC12CC1(C)C2.CC12CC1(C)C2.CC12CC1(C)C2.CC12CC1(C)C2.CC12CC1(C)C2.CC12CC1C2.CC12CC1C2.CC12CC1C2.CC12CC1C2. The number of rotatable bonds is 0. The molecule has 95 heavy (non-hydrogen) atoms. The Balaban J connectivity index is 0.0000000959. The Hall–Kier alpha value is 0. The highest BCUT2D eigenvalue weighted by Gasteiger charge is 2.80. The molecule has 0 bridgehead atoms. The van der Waals surface area contributed by atoms with Crippen molar-refractivity contribution in [2.75, 3.05) is 0 Å². The van der Waals surface area contributed by atoms with Crippen LogP contribution in [0.1, 0.15) is 478 Å². The molecule has 33 saturated carbocycles. The lowest BCUT2D eigenvalue weighted by atomic mass is 10.2. The van der Waals surface area contributed by atoms with Crippen LogP contribution in [0.2, 0.25) is 0 Å². The van der Waals surface area contributed by atoms with Crippen LogP contribution in [0.3, 0.4) is 0 Å². The first kappa shape index (κ1) is 74.7. The molecule has 548 valence electrons. The van der Waals surface area contributed by atoms with Crippen molar-refractivity contribution in [2.24, 2.45) is 121 Å². The highest BCUT2D eigenvalue weighted by atomic mass is 14.8. The molecule has 0 spiro atoms. The van der Waals surface area contributed by atoms with E-state index in [0.29, 0.717) is 0 Å². The van der Waals surface area contributed by atoms with Crippen molar-refractivity contribution in [3.8, 4) is 0 Å². The summed E-state index contributed by atoms with van der Waals surface area (Å²) in [5.74, 6) is 4.79. The van der Waals surface area contributed by atoms with E-state index in [2.05, 4.69) is 125 Å². The molecule has 0 aliphatic heterocycles. The van der Waals surface area contributed by atoms with Crippen molar-refractivity contribution in [1.82, 2.24) is 0 Å². The second-order valence-electron chi connectivity index (χ2n) is 47.0. The van der Waals surface area contributed by atoms with Gasteiger partial charge in [-0.15, -0.1) is 0 Å². The van der Waals surface area contributed by atoms with Gasteiger partial charge in [0.05, 0.1) is 0 Å². The van der Waals surface area contributed by atoms with Gasteiger partial charge in [-0.1, -0.05) is 337 Å². The molecule has 0 N–H and O–H groups in total. The van der Waals surface area contributed by atoms with Crippen LogP contribution in [0, 0.1) is 121 Å². The van der Waals surface area contributed by atoms with E-state index in [-0.39, 0.29) is 0 Å². The van der Waals surface area contributed by atoms with E-state index in [9.17, 15) is 0 Å². The number of fused-ring (bicyclic) bond motifs is 11. The van der Waals surface area contributed by atoms with Crippen molar-refractivity contribution >= 4 is 0 Å². The fraction of sp³-hybridized carbons (Fsp3) is 1.00. The predicted molar refractivity (Wildman–Crippen MR) is 414 cm³/mol. The Labute approximate surface area is 595 Å². The van der Waals surface area contributed by atoms with Gasteiger partial charge < -0.3 is 0 Å². The molecule has 0 aromatic heterocycles. The number of hydrogen-bond acceptors (Lipinski definition) is 0. The van der Waals surface area contributed by atoms with Crippen LogP contribution in [0.15, 0.2) is 0 Å². The molecular weight excluding hydrogens is 1140 g/mol. The summed E-state index contributed by atoms with van der Waals surface area (Å²) in [7, 11) is 0. The molecule has 0 amide bonds. The molecule has 0 aromatic carbocycles. The third kappa shape index (κ3) is 25.1. The summed E-state index contributed by atoms with van der Waals surface area (Å²) in [6.45, 7) is 42.8. The zero-order valence-corrected chi connectivity index (χ0v) is 68.2. The fourth-order valence-electron chi connectivity index (χ4n) is 14.9. The Morgan fingerprint density at radius 2 is 0.147 bits per heavy atom. The average molecular weight is 1310 g/mol. The maximum Gasteiger partial charge on any atom is -0.0261 e. The lowest BCUT2D eigenvalue weighted by Gasteiger charge is -1.83. The maximum absolute atomic E-state index is 2.38. The molecule has 0 radical (unpaired) electrons. The monoisotopic (exact) mass is 1310 g/mol. The smallest absolute Gasteiger partial charge is 0.0261 e. The van der Waals surface area contributed by atoms with Crippen LogP contribution in [-0.4, -0.2) is 0 Å². The zero-order valence-electron chi connectivity index (χ0n) is 68.2. The van der Waals surface area contributed by atoms with E-state index in [0.717, 1.165) is 97.5 Å². The minimum Gasteiger partial charge on any atom is -0.0594 e. The lowest BCUT2D eigenvalue weighted by molar-refractivity contribution is 0.685. The second kappa shape index (κ2) is 26.5. The second-order valence-corrected chi connectivity index (χ2v) is 47.0. The van der Waals surface area contributed by atoms with Crippen LogP contribution in [0.25, 0.3) is 0 Å². The van der Waals surface area contributed by atoms with Crippen LogP contribution in [0.5, 0.6) is 0 Å². The average Bonchev–Trinajstić information content (AvgIpc) is 1.49. The van der Waals surface area contributed by atoms with E-state index in [1.807, 2.05) is 0 Å². The van der Waals surface area contributed by atoms with Gasteiger partial charge in [-0.05, 0) is 262 Å². The molecule has 0 heteroatoms. The van der Waals surface area contributed by atoms with Crippen LogP contribution in [0.4, 0.5) is 0 Å². The quantitative estimate of drug-likeness (QED) is 0.227. The standard InChI is InChI=1S/7C6H10.4C5H8.11C3H6/c7*1-5-3-6(5,2)4-5;4*1-5-2-4(5)3-5;11*1-2-3-1/h7*3-4H2,1-2H3;4*4H,2-3H2,1H3;11*1-3H2. The summed E-state index contributed by atoms with van der Waals surface area (Å²) in [6, 6.07) is 0. The third-order valence-corrected chi connectivity index (χ3v) is 31.6. The maximum atomic E-state index is 2.38. The molecule has 0 unspecified atom stereocenters. The topological polar surface area (TPSA) is 0 Å². The van der Waals surface area contributed by atoms with Crippen molar-refractivity contribution in [2.45, 2.75) is 478 Å². The Kier molecular flexibility index (Phi) is 20.9. The molecular formula is C95H168. The van der Waals surface area contributed by atoms with Gasteiger partial charge in [-0.3, -0.25) is 0 Å². The molecule has 0 nitrogen and oxygen atoms in total. The minimum atomic E-state index is 0.854. The van der Waals surface area contributed by atoms with Gasteiger partial charge in [-0.2, -0.15) is 0 Å². The summed E-state index contributed by atoms with van der Waals surface area (Å²) in [5.41, 5.74) is 15.6. The first-order valence-electron chi connectivity index (χ1n) is 44.4. The van der Waals surface area contributed by atoms with Crippen LogP contribution in [-0.2, 0) is 0 Å². The van der Waals surface area contributed by atoms with Gasteiger partial charge in [0, 0.05) is 0 Å². The molecule has 33 fully saturated rings. The van der Waals surface area contributed by atoms with Gasteiger partial charge in [0.25, 0.3) is 0 Å². The van der Waals surface area contributed by atoms with E-state index in [1.165, 1.54) is 325 Å². The Morgan fingerprint density at radius 1 is 0.116 bits per heavy atom. The van der Waals surface area contributed by atoms with Crippen molar-refractivity contribution in [3.05, 3.63) is 0 Å². The minimum absolute atomic E-state index is 0.854. The zero-order chi connectivity index (χ0) is 68.2. The highest BCUT2D eigenvalue weighted by Crippen LogP contribution is 2.89. The summed E-state index contributed by atoms with van der Waals surface area (Å²) in [5, 5.41) is 0. The van der Waals surface area contributed by atoms with Crippen molar-refractivity contribution < 1.29 is 0 Å². The Morgan fingerprint density at radius 3 is 0.147 bits per heavy atom. The van der Waals surface area contributed by atoms with Crippen LogP contribution < -0.4 is 0 Å². The number of hydrogen-bond donors (Lipinski definition) is 0. The molecule has 33 aliphatic carbocycles. The van der Waals surface area contributed by atoms with E-state index < -0.39 is 0 Å². The summed E-state index contributed by atoms with van der Waals surface area (Å²) in [6.07, 6.45) is 83.1. The normalized spacial score (nSPS) is 55.4. The third-order valence-electron chi connectivity index (χ3n) is 31.6. The lowest BCUT2D eigenvalue weighted by Crippen LogP contribution is -1.70. The van der Waals surface area contributed by atoms with Gasteiger partial charge >= 0.3 is 0 Å².